The lowest BCUT2D eigenvalue weighted by Gasteiger charge is -2.14. The molecule has 0 saturated carbocycles. The Hall–Kier alpha value is -2.34. The van der Waals surface area contributed by atoms with Crippen molar-refractivity contribution in [3.8, 4) is 0 Å². The molecule has 0 aromatic heterocycles. The van der Waals surface area contributed by atoms with Gasteiger partial charge in [0, 0.05) is 11.4 Å². The molecule has 0 bridgehead atoms. The van der Waals surface area contributed by atoms with Gasteiger partial charge in [-0.3, -0.25) is 9.52 Å². The Labute approximate surface area is 135 Å². The van der Waals surface area contributed by atoms with Crippen molar-refractivity contribution in [3.05, 3.63) is 52.6 Å². The minimum Gasteiger partial charge on any atom is -0.326 e. The van der Waals surface area contributed by atoms with Crippen LogP contribution in [0.4, 0.5) is 11.4 Å². The van der Waals surface area contributed by atoms with E-state index in [4.69, 9.17) is 0 Å². The van der Waals surface area contributed by atoms with Crippen LogP contribution in [0.5, 0.6) is 0 Å². The second-order valence-corrected chi connectivity index (χ2v) is 7.55. The van der Waals surface area contributed by atoms with E-state index in [2.05, 4.69) is 10.0 Å². The van der Waals surface area contributed by atoms with Gasteiger partial charge in [0.15, 0.2) is 0 Å². The summed E-state index contributed by atoms with van der Waals surface area (Å²) >= 11 is 0. The number of rotatable bonds is 3. The second-order valence-electron chi connectivity index (χ2n) is 5.93. The van der Waals surface area contributed by atoms with E-state index in [1.54, 1.807) is 32.0 Å². The van der Waals surface area contributed by atoms with E-state index in [0.717, 1.165) is 16.8 Å². The number of nitrogens with one attached hydrogen (secondary N) is 2. The highest BCUT2D eigenvalue weighted by Gasteiger charge is 2.22. The molecule has 0 atom stereocenters. The number of carbonyl (C=O) groups excluding carboxylic acids is 1. The summed E-state index contributed by atoms with van der Waals surface area (Å²) in [6.45, 7) is 5.52. The number of benzene rings is 2. The molecular weight excluding hydrogens is 312 g/mol. The van der Waals surface area contributed by atoms with E-state index in [0.29, 0.717) is 21.7 Å². The summed E-state index contributed by atoms with van der Waals surface area (Å²) in [6, 6.07) is 8.77. The van der Waals surface area contributed by atoms with E-state index in [1.807, 2.05) is 19.1 Å². The Morgan fingerprint density at radius 3 is 2.35 bits per heavy atom. The third-order valence-corrected chi connectivity index (χ3v) is 5.54. The normalized spacial score (nSPS) is 13.6. The number of amides is 1. The third-order valence-electron chi connectivity index (χ3n) is 3.86. The summed E-state index contributed by atoms with van der Waals surface area (Å²) < 4.78 is 28.1. The molecule has 2 aromatic rings. The summed E-state index contributed by atoms with van der Waals surface area (Å²) in [5.41, 5.74) is 4.45. The van der Waals surface area contributed by atoms with Crippen LogP contribution < -0.4 is 10.0 Å². The maximum atomic E-state index is 12.7. The quantitative estimate of drug-likeness (QED) is 0.908. The second kappa shape index (κ2) is 5.38. The standard InChI is InChI=1S/C17H18N2O3S/c1-10-6-11(2)17(12(3)7-10)23(21,22)19-14-4-5-15-13(8-14)9-16(20)18-15/h4-8,19H,9H2,1-3H3,(H,18,20). The van der Waals surface area contributed by atoms with E-state index >= 15 is 0 Å². The fourth-order valence-corrected chi connectivity index (χ4v) is 4.59. The number of carbonyl (C=O) groups is 1. The van der Waals surface area contributed by atoms with Crippen molar-refractivity contribution in [2.45, 2.75) is 32.1 Å². The molecule has 0 unspecified atom stereocenters. The molecule has 120 valence electrons. The lowest BCUT2D eigenvalue weighted by molar-refractivity contribution is -0.115. The first kappa shape index (κ1) is 15.6. The molecular formula is C17H18N2O3S. The first-order valence-electron chi connectivity index (χ1n) is 7.30. The van der Waals surface area contributed by atoms with Gasteiger partial charge in [-0.1, -0.05) is 17.7 Å². The molecule has 0 fully saturated rings. The van der Waals surface area contributed by atoms with Gasteiger partial charge < -0.3 is 5.32 Å². The Morgan fingerprint density at radius 2 is 1.70 bits per heavy atom. The molecule has 0 aliphatic carbocycles. The van der Waals surface area contributed by atoms with Crippen molar-refractivity contribution < 1.29 is 13.2 Å². The first-order chi connectivity index (χ1) is 10.8. The zero-order chi connectivity index (χ0) is 16.8. The summed E-state index contributed by atoms with van der Waals surface area (Å²) in [5.74, 6) is -0.0785. The summed E-state index contributed by atoms with van der Waals surface area (Å²) in [4.78, 5) is 11.7. The van der Waals surface area contributed by atoms with Gasteiger partial charge in [0.1, 0.15) is 0 Å². The van der Waals surface area contributed by atoms with Crippen molar-refractivity contribution in [2.75, 3.05) is 10.0 Å². The topological polar surface area (TPSA) is 75.3 Å². The average molecular weight is 330 g/mol. The summed E-state index contributed by atoms with van der Waals surface area (Å²) in [6.07, 6.45) is 0.271. The van der Waals surface area contributed by atoms with Gasteiger partial charge in [-0.25, -0.2) is 8.42 Å². The van der Waals surface area contributed by atoms with Crippen molar-refractivity contribution >= 4 is 27.3 Å². The number of hydrogen-bond donors (Lipinski definition) is 2. The summed E-state index contributed by atoms with van der Waals surface area (Å²) in [5, 5.41) is 2.73. The Bertz CT molecular complexity index is 894. The van der Waals surface area contributed by atoms with Gasteiger partial charge in [-0.05, 0) is 55.7 Å². The number of anilines is 2. The number of fused-ring (bicyclic) bond motifs is 1. The fourth-order valence-electron chi connectivity index (χ4n) is 3.09. The highest BCUT2D eigenvalue weighted by molar-refractivity contribution is 7.92. The highest BCUT2D eigenvalue weighted by Crippen LogP contribution is 2.29. The van der Waals surface area contributed by atoms with Crippen LogP contribution in [0.15, 0.2) is 35.2 Å². The maximum absolute atomic E-state index is 12.7. The SMILES string of the molecule is Cc1cc(C)c(S(=O)(=O)Nc2ccc3c(c2)CC(=O)N3)c(C)c1. The minimum absolute atomic E-state index is 0.0785. The van der Waals surface area contributed by atoms with Crippen LogP contribution in [-0.4, -0.2) is 14.3 Å². The fraction of sp³-hybridized carbons (Fsp3) is 0.235. The van der Waals surface area contributed by atoms with Crippen molar-refractivity contribution in [3.63, 3.8) is 0 Å². The molecule has 0 saturated heterocycles. The molecule has 0 spiro atoms. The predicted octanol–water partition coefficient (Wildman–Crippen LogP) is 2.91. The molecule has 2 N–H and O–H groups in total. The van der Waals surface area contributed by atoms with Crippen molar-refractivity contribution in [1.82, 2.24) is 0 Å². The van der Waals surface area contributed by atoms with Crippen LogP contribution in [0.3, 0.4) is 0 Å². The zero-order valence-electron chi connectivity index (χ0n) is 13.2. The monoisotopic (exact) mass is 330 g/mol. The summed E-state index contributed by atoms with van der Waals surface area (Å²) in [7, 11) is -3.68. The molecule has 3 rings (SSSR count). The van der Waals surface area contributed by atoms with Crippen molar-refractivity contribution in [2.24, 2.45) is 0 Å². The van der Waals surface area contributed by atoms with Crippen LogP contribution in [0.2, 0.25) is 0 Å². The van der Waals surface area contributed by atoms with Crippen LogP contribution in [-0.2, 0) is 21.2 Å². The molecule has 1 aliphatic heterocycles. The van der Waals surface area contributed by atoms with Crippen molar-refractivity contribution in [1.29, 1.82) is 0 Å². The Morgan fingerprint density at radius 1 is 1.04 bits per heavy atom. The largest absolute Gasteiger partial charge is 0.326 e. The molecule has 1 heterocycles. The smallest absolute Gasteiger partial charge is 0.262 e. The van der Waals surface area contributed by atoms with Crippen LogP contribution in [0.25, 0.3) is 0 Å². The lowest BCUT2D eigenvalue weighted by atomic mass is 10.1. The van der Waals surface area contributed by atoms with Gasteiger partial charge >= 0.3 is 0 Å². The molecule has 23 heavy (non-hydrogen) atoms. The lowest BCUT2D eigenvalue weighted by Crippen LogP contribution is -2.16. The van der Waals surface area contributed by atoms with E-state index < -0.39 is 10.0 Å². The van der Waals surface area contributed by atoms with Gasteiger partial charge in [0.05, 0.1) is 11.3 Å². The van der Waals surface area contributed by atoms with E-state index in [9.17, 15) is 13.2 Å². The predicted molar refractivity (Wildman–Crippen MR) is 90.2 cm³/mol. The number of aryl methyl sites for hydroxylation is 3. The highest BCUT2D eigenvalue weighted by atomic mass is 32.2. The van der Waals surface area contributed by atoms with E-state index in [1.165, 1.54) is 0 Å². The number of sulfonamides is 1. The Kier molecular flexibility index (Phi) is 3.64. The van der Waals surface area contributed by atoms with Gasteiger partial charge in [-0.15, -0.1) is 0 Å². The molecule has 1 aliphatic rings. The average Bonchev–Trinajstić information content (AvgIpc) is 2.75. The third kappa shape index (κ3) is 2.94. The van der Waals surface area contributed by atoms with Gasteiger partial charge in [-0.2, -0.15) is 0 Å². The molecule has 6 heteroatoms. The van der Waals surface area contributed by atoms with E-state index in [-0.39, 0.29) is 12.3 Å². The van der Waals surface area contributed by atoms with Gasteiger partial charge in [0.2, 0.25) is 5.91 Å². The number of hydrogen-bond acceptors (Lipinski definition) is 3. The molecule has 5 nitrogen and oxygen atoms in total. The maximum Gasteiger partial charge on any atom is 0.262 e. The molecule has 0 radical (unpaired) electrons. The zero-order valence-corrected chi connectivity index (χ0v) is 14.0. The van der Waals surface area contributed by atoms with Crippen LogP contribution in [0.1, 0.15) is 22.3 Å². The molecule has 1 amide bonds. The molecule has 2 aromatic carbocycles. The van der Waals surface area contributed by atoms with Crippen LogP contribution in [0, 0.1) is 20.8 Å². The Balaban J connectivity index is 1.97. The minimum atomic E-state index is -3.68. The van der Waals surface area contributed by atoms with Crippen LogP contribution >= 0.6 is 0 Å². The van der Waals surface area contributed by atoms with Gasteiger partial charge in [0.25, 0.3) is 10.0 Å². The first-order valence-corrected chi connectivity index (χ1v) is 8.78.